The molecule has 2 aromatic rings. The van der Waals surface area contributed by atoms with E-state index < -0.39 is 0 Å². The Morgan fingerprint density at radius 2 is 1.81 bits per heavy atom. The lowest BCUT2D eigenvalue weighted by atomic mass is 10.2. The molecule has 1 saturated heterocycles. The molecule has 1 aliphatic rings. The molecule has 1 aromatic heterocycles. The summed E-state index contributed by atoms with van der Waals surface area (Å²) in [5, 5.41) is 3.65. The van der Waals surface area contributed by atoms with Gasteiger partial charge in [-0.05, 0) is 12.1 Å². The summed E-state index contributed by atoms with van der Waals surface area (Å²) in [5.41, 5.74) is 1.22. The Labute approximate surface area is 95.1 Å². The second-order valence-electron chi connectivity index (χ2n) is 4.28. The van der Waals surface area contributed by atoms with E-state index in [1.807, 2.05) is 0 Å². The number of rotatable bonds is 1. The minimum absolute atomic E-state index is 1.13. The fourth-order valence-electron chi connectivity index (χ4n) is 2.28. The highest BCUT2D eigenvalue weighted by Gasteiger charge is 2.20. The van der Waals surface area contributed by atoms with Crippen LogP contribution in [-0.4, -0.2) is 26.2 Å². The van der Waals surface area contributed by atoms with Crippen molar-refractivity contribution in [2.75, 3.05) is 31.1 Å². The molecule has 3 rings (SSSR count). The number of nitrogens with one attached hydrogen (secondary N) is 1. The van der Waals surface area contributed by atoms with Gasteiger partial charge in [0.15, 0.2) is 0 Å². The van der Waals surface area contributed by atoms with Gasteiger partial charge in [-0.1, -0.05) is 18.2 Å². The average Bonchev–Trinajstić information content (AvgIpc) is 2.39. The molecule has 3 heteroatoms. The van der Waals surface area contributed by atoms with Crippen LogP contribution in [0.15, 0.2) is 36.4 Å². The van der Waals surface area contributed by atoms with Crippen molar-refractivity contribution in [3.05, 3.63) is 36.4 Å². The number of hydrogen-bond acceptors (Lipinski definition) is 1. The van der Waals surface area contributed by atoms with Gasteiger partial charge in [0, 0.05) is 11.5 Å². The molecule has 16 heavy (non-hydrogen) atoms. The van der Waals surface area contributed by atoms with Crippen molar-refractivity contribution in [2.45, 2.75) is 0 Å². The first-order chi connectivity index (χ1) is 7.93. The van der Waals surface area contributed by atoms with Crippen molar-refractivity contribution < 1.29 is 10.3 Å². The molecule has 82 valence electrons. The third kappa shape index (κ3) is 1.74. The number of aromatic nitrogens is 1. The molecule has 3 nitrogen and oxygen atoms in total. The zero-order chi connectivity index (χ0) is 10.8. The number of benzene rings is 1. The lowest BCUT2D eigenvalue weighted by Gasteiger charge is -2.19. The summed E-state index contributed by atoms with van der Waals surface area (Å²) in [5.74, 6) is 1.24. The van der Waals surface area contributed by atoms with Crippen LogP contribution in [0.1, 0.15) is 0 Å². The van der Waals surface area contributed by atoms with Crippen molar-refractivity contribution >= 4 is 16.7 Å². The number of nitrogens with zero attached hydrogens (tertiary/aromatic N) is 1. The molecule has 1 aliphatic heterocycles. The normalized spacial score (nSPS) is 16.6. The van der Waals surface area contributed by atoms with Gasteiger partial charge in [0.05, 0.1) is 0 Å². The number of nitrogens with two attached hydrogens (primary N) is 1. The number of anilines is 1. The van der Waals surface area contributed by atoms with Gasteiger partial charge in [-0.2, -0.15) is 0 Å². The van der Waals surface area contributed by atoms with E-state index in [0.29, 0.717) is 0 Å². The fourth-order valence-corrected chi connectivity index (χ4v) is 2.28. The van der Waals surface area contributed by atoms with E-state index in [0.717, 1.165) is 13.1 Å². The molecule has 0 saturated carbocycles. The second kappa shape index (κ2) is 4.10. The standard InChI is InChI=1S/C13H15N3/c1-2-4-12-11(3-1)5-6-13(15-12)16-9-7-14-8-10-16/h1-6,14H,7-10H2/p+2. The Hall–Kier alpha value is -1.61. The quantitative estimate of drug-likeness (QED) is 0.716. The number of piperazine rings is 1. The van der Waals surface area contributed by atoms with E-state index >= 15 is 0 Å². The highest BCUT2D eigenvalue weighted by atomic mass is 15.2. The summed E-state index contributed by atoms with van der Waals surface area (Å²) in [6.07, 6.45) is 0. The fraction of sp³-hybridized carbons (Fsp3) is 0.308. The molecule has 0 bridgehead atoms. The molecule has 0 aliphatic carbocycles. The summed E-state index contributed by atoms with van der Waals surface area (Å²) in [4.78, 5) is 5.93. The second-order valence-corrected chi connectivity index (χ2v) is 4.28. The first-order valence-corrected chi connectivity index (χ1v) is 5.91. The van der Waals surface area contributed by atoms with Crippen LogP contribution in [0.3, 0.4) is 0 Å². The summed E-state index contributed by atoms with van der Waals surface area (Å²) in [6.45, 7) is 4.66. The summed E-state index contributed by atoms with van der Waals surface area (Å²) >= 11 is 0. The number of H-pyrrole nitrogens is 1. The van der Waals surface area contributed by atoms with Gasteiger partial charge in [-0.3, -0.25) is 4.90 Å². The van der Waals surface area contributed by atoms with Gasteiger partial charge in [0.1, 0.15) is 31.7 Å². The maximum atomic E-state index is 3.51. The number of pyridine rings is 1. The molecule has 2 heterocycles. The lowest BCUT2D eigenvalue weighted by Crippen LogP contribution is -2.90. The van der Waals surface area contributed by atoms with Crippen molar-refractivity contribution in [2.24, 2.45) is 0 Å². The van der Waals surface area contributed by atoms with E-state index in [1.165, 1.54) is 29.8 Å². The SMILES string of the molecule is c1ccc2[nH+]c(N3CC[NH2+]CC3)ccc2c1. The average molecular weight is 215 g/mol. The van der Waals surface area contributed by atoms with E-state index in [9.17, 15) is 0 Å². The first kappa shape index (κ1) is 9.60. The number of aromatic amines is 1. The van der Waals surface area contributed by atoms with Crippen molar-refractivity contribution in [1.29, 1.82) is 0 Å². The number of para-hydroxylation sites is 1. The number of quaternary nitrogens is 1. The van der Waals surface area contributed by atoms with Crippen LogP contribution in [0, 0.1) is 0 Å². The number of fused-ring (bicyclic) bond motifs is 1. The van der Waals surface area contributed by atoms with Gasteiger partial charge in [-0.25, -0.2) is 4.98 Å². The Balaban J connectivity index is 1.97. The van der Waals surface area contributed by atoms with Gasteiger partial charge >= 0.3 is 0 Å². The number of hydrogen-bond donors (Lipinski definition) is 1. The van der Waals surface area contributed by atoms with Crippen LogP contribution in [-0.2, 0) is 0 Å². The molecule has 0 amide bonds. The summed E-state index contributed by atoms with van der Waals surface area (Å²) in [7, 11) is 0. The summed E-state index contributed by atoms with van der Waals surface area (Å²) in [6, 6.07) is 12.8. The lowest BCUT2D eigenvalue weighted by molar-refractivity contribution is -0.656. The van der Waals surface area contributed by atoms with Crippen LogP contribution in [0.4, 0.5) is 5.82 Å². The Morgan fingerprint density at radius 1 is 1.00 bits per heavy atom. The topological polar surface area (TPSA) is 34.0 Å². The van der Waals surface area contributed by atoms with E-state index in [2.05, 4.69) is 51.6 Å². The van der Waals surface area contributed by atoms with Crippen molar-refractivity contribution in [3.8, 4) is 0 Å². The molecule has 1 aromatic carbocycles. The van der Waals surface area contributed by atoms with Crippen LogP contribution >= 0.6 is 0 Å². The Bertz CT molecular complexity index is 489. The van der Waals surface area contributed by atoms with Gasteiger partial charge < -0.3 is 5.32 Å². The Morgan fingerprint density at radius 3 is 2.69 bits per heavy atom. The molecule has 1 fully saturated rings. The van der Waals surface area contributed by atoms with Crippen molar-refractivity contribution in [1.82, 2.24) is 0 Å². The van der Waals surface area contributed by atoms with E-state index in [1.54, 1.807) is 0 Å². The summed E-state index contributed by atoms with van der Waals surface area (Å²) < 4.78 is 0. The molecule has 0 spiro atoms. The maximum absolute atomic E-state index is 3.51. The predicted molar refractivity (Wildman–Crippen MR) is 64.4 cm³/mol. The van der Waals surface area contributed by atoms with Crippen LogP contribution in [0.5, 0.6) is 0 Å². The molecule has 0 unspecified atom stereocenters. The molecule has 0 radical (unpaired) electrons. The van der Waals surface area contributed by atoms with E-state index in [4.69, 9.17) is 0 Å². The van der Waals surface area contributed by atoms with Gasteiger partial charge in [0.25, 0.3) is 5.82 Å². The molecule has 0 atom stereocenters. The zero-order valence-electron chi connectivity index (χ0n) is 9.32. The molecule has 3 N–H and O–H groups in total. The first-order valence-electron chi connectivity index (χ1n) is 5.91. The minimum atomic E-state index is 1.13. The van der Waals surface area contributed by atoms with Gasteiger partial charge in [0.2, 0.25) is 0 Å². The smallest absolute Gasteiger partial charge is 0.275 e. The molecular formula is C13H17N3+2. The minimum Gasteiger partial charge on any atom is -0.340 e. The van der Waals surface area contributed by atoms with Crippen molar-refractivity contribution in [3.63, 3.8) is 0 Å². The Kier molecular flexibility index (Phi) is 2.46. The monoisotopic (exact) mass is 215 g/mol. The largest absolute Gasteiger partial charge is 0.340 e. The molecular weight excluding hydrogens is 198 g/mol. The highest BCUT2D eigenvalue weighted by molar-refractivity contribution is 5.76. The third-order valence-corrected chi connectivity index (χ3v) is 3.19. The maximum Gasteiger partial charge on any atom is 0.275 e. The van der Waals surface area contributed by atoms with Gasteiger partial charge in [-0.15, -0.1) is 0 Å². The third-order valence-electron chi connectivity index (χ3n) is 3.19. The highest BCUT2D eigenvalue weighted by Crippen LogP contribution is 2.13. The van der Waals surface area contributed by atoms with Crippen LogP contribution in [0.25, 0.3) is 10.9 Å². The van der Waals surface area contributed by atoms with E-state index in [-0.39, 0.29) is 0 Å². The van der Waals surface area contributed by atoms with Crippen LogP contribution < -0.4 is 15.2 Å². The van der Waals surface area contributed by atoms with Crippen LogP contribution in [0.2, 0.25) is 0 Å². The predicted octanol–water partition coefficient (Wildman–Crippen LogP) is 0.0373. The zero-order valence-corrected chi connectivity index (χ0v) is 9.32.